The first-order valence-electron chi connectivity index (χ1n) is 4.48. The Hall–Kier alpha value is -1.11. The van der Waals surface area contributed by atoms with Gasteiger partial charge in [-0.1, -0.05) is 23.2 Å². The molecule has 18 heavy (non-hydrogen) atoms. The van der Waals surface area contributed by atoms with Gasteiger partial charge in [-0.2, -0.15) is 0 Å². The third-order valence-corrected chi connectivity index (χ3v) is 4.43. The highest BCUT2D eigenvalue weighted by atomic mass is 35.5. The van der Waals surface area contributed by atoms with Crippen LogP contribution in [0.2, 0.25) is 0 Å². The molecule has 0 bridgehead atoms. The van der Waals surface area contributed by atoms with Gasteiger partial charge in [0, 0.05) is 10.6 Å². The molecule has 0 aliphatic carbocycles. The Morgan fingerprint density at radius 3 is 2.50 bits per heavy atom. The van der Waals surface area contributed by atoms with Crippen LogP contribution in [0.4, 0.5) is 4.39 Å². The van der Waals surface area contributed by atoms with Gasteiger partial charge >= 0.3 is 5.97 Å². The van der Waals surface area contributed by atoms with E-state index in [1.165, 1.54) is 0 Å². The predicted molar refractivity (Wildman–Crippen MR) is 65.2 cm³/mol. The molecular formula is C10H7Cl2FO4S. The second-order valence-corrected chi connectivity index (χ2v) is 5.93. The van der Waals surface area contributed by atoms with Crippen molar-refractivity contribution in [3.05, 3.63) is 40.1 Å². The lowest BCUT2D eigenvalue weighted by Gasteiger charge is -2.05. The average molecular weight is 313 g/mol. The molecule has 0 spiro atoms. The van der Waals surface area contributed by atoms with E-state index in [4.69, 9.17) is 28.3 Å². The van der Waals surface area contributed by atoms with Crippen molar-refractivity contribution in [2.24, 2.45) is 0 Å². The molecule has 0 aliphatic heterocycles. The minimum Gasteiger partial charge on any atom is -0.478 e. The summed E-state index contributed by atoms with van der Waals surface area (Å²) >= 11 is 10.7. The van der Waals surface area contributed by atoms with Gasteiger partial charge in [0.25, 0.3) is 0 Å². The molecule has 8 heteroatoms. The summed E-state index contributed by atoms with van der Waals surface area (Å²) < 4.78 is 37.0. The summed E-state index contributed by atoms with van der Waals surface area (Å²) in [6.45, 7) is 0. The van der Waals surface area contributed by atoms with E-state index in [0.29, 0.717) is 6.07 Å². The van der Waals surface area contributed by atoms with Gasteiger partial charge in [-0.05, 0) is 18.2 Å². The third kappa shape index (κ3) is 3.44. The monoisotopic (exact) mass is 312 g/mol. The van der Waals surface area contributed by atoms with Gasteiger partial charge in [0.2, 0.25) is 0 Å². The fourth-order valence-electron chi connectivity index (χ4n) is 1.18. The van der Waals surface area contributed by atoms with Crippen molar-refractivity contribution in [2.45, 2.75) is 4.90 Å². The van der Waals surface area contributed by atoms with Crippen LogP contribution < -0.4 is 0 Å². The topological polar surface area (TPSA) is 71.4 Å². The van der Waals surface area contributed by atoms with Crippen LogP contribution in [0.25, 0.3) is 0 Å². The van der Waals surface area contributed by atoms with E-state index in [1.54, 1.807) is 0 Å². The van der Waals surface area contributed by atoms with E-state index >= 15 is 0 Å². The molecule has 1 N–H and O–H groups in total. The quantitative estimate of drug-likeness (QED) is 0.927. The summed E-state index contributed by atoms with van der Waals surface area (Å²) in [6.07, 6.45) is 0. The van der Waals surface area contributed by atoms with Crippen molar-refractivity contribution < 1.29 is 22.7 Å². The zero-order chi connectivity index (χ0) is 13.9. The summed E-state index contributed by atoms with van der Waals surface area (Å²) in [4.78, 5) is 9.95. The summed E-state index contributed by atoms with van der Waals surface area (Å²) in [5, 5.41) is 8.45. The van der Waals surface area contributed by atoms with E-state index < -0.39 is 32.3 Å². The molecule has 0 aromatic heterocycles. The number of sulfone groups is 1. The van der Waals surface area contributed by atoms with Crippen molar-refractivity contribution in [1.82, 2.24) is 0 Å². The number of hydrogen-bond acceptors (Lipinski definition) is 3. The molecule has 1 aromatic rings. The SMILES string of the molecule is O=C(O)c1ccc(S(=O)(=O)CC(Cl)=CCl)c(F)c1. The zero-order valence-electron chi connectivity index (χ0n) is 8.73. The normalized spacial score (nSPS) is 12.5. The van der Waals surface area contributed by atoms with Crippen molar-refractivity contribution in [3.63, 3.8) is 0 Å². The van der Waals surface area contributed by atoms with Gasteiger partial charge < -0.3 is 5.11 Å². The summed E-state index contributed by atoms with van der Waals surface area (Å²) in [6, 6.07) is 2.51. The van der Waals surface area contributed by atoms with Crippen LogP contribution in [0.3, 0.4) is 0 Å². The maximum absolute atomic E-state index is 13.5. The summed E-state index contributed by atoms with van der Waals surface area (Å²) in [7, 11) is -4.00. The molecule has 0 radical (unpaired) electrons. The van der Waals surface area contributed by atoms with Crippen LogP contribution in [0.1, 0.15) is 10.4 Å². The van der Waals surface area contributed by atoms with E-state index in [2.05, 4.69) is 0 Å². The smallest absolute Gasteiger partial charge is 0.335 e. The second-order valence-electron chi connectivity index (χ2n) is 3.27. The lowest BCUT2D eigenvalue weighted by Crippen LogP contribution is -2.10. The third-order valence-electron chi connectivity index (χ3n) is 1.96. The van der Waals surface area contributed by atoms with Crippen molar-refractivity contribution in [2.75, 3.05) is 5.75 Å². The van der Waals surface area contributed by atoms with Gasteiger partial charge in [-0.15, -0.1) is 0 Å². The number of aromatic carboxylic acids is 1. The molecular weight excluding hydrogens is 306 g/mol. The van der Waals surface area contributed by atoms with Crippen LogP contribution >= 0.6 is 23.2 Å². The summed E-state index contributed by atoms with van der Waals surface area (Å²) in [5.41, 5.74) is 0.522. The molecule has 0 fully saturated rings. The average Bonchev–Trinajstić information content (AvgIpc) is 2.27. The molecule has 1 aromatic carbocycles. The maximum atomic E-state index is 13.5. The Morgan fingerprint density at radius 2 is 2.06 bits per heavy atom. The highest BCUT2D eigenvalue weighted by Gasteiger charge is 2.21. The standard InChI is InChI=1S/C10H7Cl2FO4S/c11-4-7(12)5-18(16,17)9-2-1-6(10(14)15)3-8(9)13/h1-4H,5H2,(H,14,15). The molecule has 0 heterocycles. The number of hydrogen-bond donors (Lipinski definition) is 1. The van der Waals surface area contributed by atoms with E-state index in [1.807, 2.05) is 0 Å². The molecule has 98 valence electrons. The second kappa shape index (κ2) is 5.69. The van der Waals surface area contributed by atoms with Crippen LogP contribution in [-0.2, 0) is 9.84 Å². The number of carboxylic acid groups (broad SMARTS) is 1. The Labute approximate surface area is 113 Å². The minimum absolute atomic E-state index is 0.168. The van der Waals surface area contributed by atoms with E-state index in [0.717, 1.165) is 17.7 Å². The molecule has 4 nitrogen and oxygen atoms in total. The Balaban J connectivity index is 3.22. The first kappa shape index (κ1) is 14.9. The van der Waals surface area contributed by atoms with Crippen molar-refractivity contribution in [3.8, 4) is 0 Å². The lowest BCUT2D eigenvalue weighted by molar-refractivity contribution is 0.0696. The lowest BCUT2D eigenvalue weighted by atomic mass is 10.2. The molecule has 0 unspecified atom stereocenters. The fourth-order valence-corrected chi connectivity index (χ4v) is 3.01. The van der Waals surface area contributed by atoms with Crippen LogP contribution in [0.5, 0.6) is 0 Å². The van der Waals surface area contributed by atoms with E-state index in [-0.39, 0.29) is 10.6 Å². The number of halogens is 3. The molecule has 0 atom stereocenters. The number of benzene rings is 1. The highest BCUT2D eigenvalue weighted by molar-refractivity contribution is 7.91. The fraction of sp³-hybridized carbons (Fsp3) is 0.100. The van der Waals surface area contributed by atoms with Gasteiger partial charge in [-0.3, -0.25) is 0 Å². The highest BCUT2D eigenvalue weighted by Crippen LogP contribution is 2.20. The first-order chi connectivity index (χ1) is 8.27. The molecule has 0 saturated carbocycles. The Bertz CT molecular complexity index is 610. The van der Waals surface area contributed by atoms with Gasteiger partial charge in [-0.25, -0.2) is 17.6 Å². The Morgan fingerprint density at radius 1 is 1.44 bits per heavy atom. The number of rotatable bonds is 4. The Kier molecular flexibility index (Phi) is 4.72. The summed E-state index contributed by atoms with van der Waals surface area (Å²) in [5.74, 6) is -3.15. The maximum Gasteiger partial charge on any atom is 0.335 e. The van der Waals surface area contributed by atoms with Crippen LogP contribution in [0, 0.1) is 5.82 Å². The molecule has 1 rings (SSSR count). The van der Waals surface area contributed by atoms with Gasteiger partial charge in [0.05, 0.1) is 11.3 Å². The molecule has 0 saturated heterocycles. The van der Waals surface area contributed by atoms with Gasteiger partial charge in [0.15, 0.2) is 9.84 Å². The van der Waals surface area contributed by atoms with Crippen molar-refractivity contribution in [1.29, 1.82) is 0 Å². The molecule has 0 aliphatic rings. The largest absolute Gasteiger partial charge is 0.478 e. The van der Waals surface area contributed by atoms with Crippen LogP contribution in [0.15, 0.2) is 33.7 Å². The first-order valence-corrected chi connectivity index (χ1v) is 6.95. The van der Waals surface area contributed by atoms with Crippen molar-refractivity contribution >= 4 is 39.0 Å². The number of carbonyl (C=O) groups is 1. The van der Waals surface area contributed by atoms with Crippen LogP contribution in [-0.4, -0.2) is 25.2 Å². The zero-order valence-corrected chi connectivity index (χ0v) is 11.1. The predicted octanol–water partition coefficient (Wildman–Crippen LogP) is 2.62. The van der Waals surface area contributed by atoms with Gasteiger partial charge in [0.1, 0.15) is 10.7 Å². The van der Waals surface area contributed by atoms with E-state index in [9.17, 15) is 17.6 Å². The molecule has 0 amide bonds. The minimum atomic E-state index is -4.00. The number of carboxylic acids is 1.